The Morgan fingerprint density at radius 3 is 2.47 bits per heavy atom. The van der Waals surface area contributed by atoms with Crippen molar-refractivity contribution < 1.29 is 17.3 Å². The van der Waals surface area contributed by atoms with E-state index in [9.17, 15) is 8.42 Å². The zero-order chi connectivity index (χ0) is 25.0. The maximum atomic E-state index is 11.3. The van der Waals surface area contributed by atoms with Crippen LogP contribution in [0, 0.1) is 0 Å². The van der Waals surface area contributed by atoms with Gasteiger partial charge in [0.05, 0.1) is 36.1 Å². The van der Waals surface area contributed by atoms with Gasteiger partial charge < -0.3 is 4.74 Å². The van der Waals surface area contributed by atoms with Crippen LogP contribution in [0.1, 0.15) is 5.69 Å². The Morgan fingerprint density at radius 1 is 0.889 bits per heavy atom. The van der Waals surface area contributed by atoms with Crippen LogP contribution >= 0.6 is 0 Å². The molecule has 0 amide bonds. The average molecular weight is 502 g/mol. The van der Waals surface area contributed by atoms with Crippen LogP contribution in [0.25, 0.3) is 33.4 Å². The number of rotatable bonds is 9. The number of hydrogen-bond donors (Lipinski definition) is 0. The van der Waals surface area contributed by atoms with E-state index in [4.69, 9.17) is 14.0 Å². The molecule has 0 fully saturated rings. The predicted octanol–water partition coefficient (Wildman–Crippen LogP) is 4.11. The van der Waals surface area contributed by atoms with Gasteiger partial charge in [0.2, 0.25) is 0 Å². The third-order valence-electron chi connectivity index (χ3n) is 5.40. The van der Waals surface area contributed by atoms with Crippen LogP contribution in [0.15, 0.2) is 85.5 Å². The summed E-state index contributed by atoms with van der Waals surface area (Å²) in [4.78, 5) is 13.0. The van der Waals surface area contributed by atoms with Crippen molar-refractivity contribution in [1.29, 1.82) is 0 Å². The molecule has 0 aliphatic carbocycles. The lowest BCUT2D eigenvalue weighted by Crippen LogP contribution is -2.10. The number of benzene rings is 1. The number of pyridine rings is 3. The number of aromatic nitrogens is 5. The fraction of sp³-hybridized carbons (Fsp3) is 0.154. The summed E-state index contributed by atoms with van der Waals surface area (Å²) >= 11 is 0. The molecule has 9 nitrogen and oxygen atoms in total. The van der Waals surface area contributed by atoms with Crippen LogP contribution in [0.4, 0.5) is 0 Å². The van der Waals surface area contributed by atoms with Crippen LogP contribution in [-0.2, 0) is 27.5 Å². The molecule has 0 radical (unpaired) electrons. The lowest BCUT2D eigenvalue weighted by molar-refractivity contribution is 0.297. The second kappa shape index (κ2) is 10.2. The molecule has 4 heterocycles. The Balaban J connectivity index is 1.34. The van der Waals surface area contributed by atoms with Gasteiger partial charge in [0.25, 0.3) is 10.1 Å². The first-order chi connectivity index (χ1) is 17.4. The third-order valence-corrected chi connectivity index (χ3v) is 5.99. The topological polar surface area (TPSA) is 109 Å². The maximum Gasteiger partial charge on any atom is 0.264 e. The summed E-state index contributed by atoms with van der Waals surface area (Å²) in [6.07, 6.45) is 8.09. The first kappa shape index (κ1) is 23.6. The Kier molecular flexibility index (Phi) is 6.70. The Labute approximate surface area is 208 Å². The summed E-state index contributed by atoms with van der Waals surface area (Å²) in [6.45, 7) is 0.628. The predicted molar refractivity (Wildman–Crippen MR) is 136 cm³/mol. The normalized spacial score (nSPS) is 11.6. The van der Waals surface area contributed by atoms with Gasteiger partial charge in [0.1, 0.15) is 18.1 Å². The van der Waals surface area contributed by atoms with E-state index < -0.39 is 10.1 Å². The van der Waals surface area contributed by atoms with Gasteiger partial charge in [0, 0.05) is 35.9 Å². The van der Waals surface area contributed by atoms with E-state index in [2.05, 4.69) is 15.0 Å². The van der Waals surface area contributed by atoms with Crippen molar-refractivity contribution in [2.45, 2.75) is 13.2 Å². The van der Waals surface area contributed by atoms with Crippen LogP contribution in [0.2, 0.25) is 0 Å². The van der Waals surface area contributed by atoms with Gasteiger partial charge in [-0.25, -0.2) is 4.98 Å². The van der Waals surface area contributed by atoms with E-state index in [1.54, 1.807) is 23.3 Å². The van der Waals surface area contributed by atoms with E-state index >= 15 is 0 Å². The average Bonchev–Trinajstić information content (AvgIpc) is 3.31. The molecule has 0 saturated heterocycles. The molecule has 1 aromatic carbocycles. The molecule has 4 aromatic heterocycles. The summed E-state index contributed by atoms with van der Waals surface area (Å²) in [7, 11) is -3.51. The highest BCUT2D eigenvalue weighted by Gasteiger charge is 2.14. The standard InChI is InChI=1S/C26H23N5O4S/c1-36(32,33)35-16-15-31-17-23(19-10-13-27-14-11-19)26(30-31)20-4-7-22(8-5-20)34-18-21-6-9-24-25(29-21)3-2-12-28-24/h2-14,17H,15-16,18H2,1H3. The summed E-state index contributed by atoms with van der Waals surface area (Å²) < 4.78 is 35.1. The van der Waals surface area contributed by atoms with Crippen molar-refractivity contribution in [3.63, 3.8) is 0 Å². The second-order valence-electron chi connectivity index (χ2n) is 8.07. The lowest BCUT2D eigenvalue weighted by atomic mass is 10.0. The van der Waals surface area contributed by atoms with Gasteiger partial charge in [-0.15, -0.1) is 0 Å². The molecule has 36 heavy (non-hydrogen) atoms. The number of fused-ring (bicyclic) bond motifs is 1. The third kappa shape index (κ3) is 5.73. The summed E-state index contributed by atoms with van der Waals surface area (Å²) in [5.41, 5.74) is 6.00. The van der Waals surface area contributed by atoms with Gasteiger partial charge in [0.15, 0.2) is 0 Å². The van der Waals surface area contributed by atoms with E-state index in [0.29, 0.717) is 18.9 Å². The molecule has 0 aliphatic heterocycles. The Hall–Kier alpha value is -4.15. The monoisotopic (exact) mass is 501 g/mol. The molecule has 0 atom stereocenters. The van der Waals surface area contributed by atoms with Gasteiger partial charge in [-0.05, 0) is 66.2 Å². The minimum atomic E-state index is -3.51. The van der Waals surface area contributed by atoms with E-state index in [0.717, 1.165) is 45.4 Å². The summed E-state index contributed by atoms with van der Waals surface area (Å²) in [5, 5.41) is 4.69. The SMILES string of the molecule is CS(=O)(=O)OCCn1cc(-c2ccncc2)c(-c2ccc(OCc3ccc4ncccc4n3)cc2)n1. The van der Waals surface area contributed by atoms with Crippen molar-refractivity contribution in [1.82, 2.24) is 24.7 Å². The fourth-order valence-corrected chi connectivity index (χ4v) is 4.10. The molecular weight excluding hydrogens is 478 g/mol. The van der Waals surface area contributed by atoms with Gasteiger partial charge in [-0.3, -0.25) is 18.8 Å². The van der Waals surface area contributed by atoms with E-state index in [1.165, 1.54) is 0 Å². The molecule has 0 aliphatic rings. The van der Waals surface area contributed by atoms with Crippen LogP contribution in [-0.4, -0.2) is 46.0 Å². The van der Waals surface area contributed by atoms with Gasteiger partial charge >= 0.3 is 0 Å². The second-order valence-corrected chi connectivity index (χ2v) is 9.72. The highest BCUT2D eigenvalue weighted by molar-refractivity contribution is 7.85. The molecule has 0 spiro atoms. The molecule has 182 valence electrons. The lowest BCUT2D eigenvalue weighted by Gasteiger charge is -2.08. The van der Waals surface area contributed by atoms with Crippen molar-refractivity contribution in [3.05, 3.63) is 91.1 Å². The Bertz CT molecular complexity index is 1590. The molecule has 5 rings (SSSR count). The first-order valence-corrected chi connectivity index (χ1v) is 13.0. The Morgan fingerprint density at radius 2 is 1.69 bits per heavy atom. The molecular formula is C26H23N5O4S. The van der Waals surface area contributed by atoms with E-state index in [1.807, 2.05) is 66.9 Å². The zero-order valence-electron chi connectivity index (χ0n) is 19.5. The van der Waals surface area contributed by atoms with Crippen LogP contribution < -0.4 is 4.74 Å². The first-order valence-electron chi connectivity index (χ1n) is 11.2. The fourth-order valence-electron chi connectivity index (χ4n) is 3.72. The molecule has 0 N–H and O–H groups in total. The summed E-state index contributed by atoms with van der Waals surface area (Å²) in [6, 6.07) is 19.1. The van der Waals surface area contributed by atoms with Gasteiger partial charge in [-0.2, -0.15) is 13.5 Å². The van der Waals surface area contributed by atoms with Crippen LogP contribution in [0.3, 0.4) is 0 Å². The van der Waals surface area contributed by atoms with Crippen molar-refractivity contribution >= 4 is 21.2 Å². The van der Waals surface area contributed by atoms with E-state index in [-0.39, 0.29) is 6.61 Å². The maximum absolute atomic E-state index is 11.3. The molecule has 5 aromatic rings. The largest absolute Gasteiger partial charge is 0.487 e. The minimum absolute atomic E-state index is 0.00138. The van der Waals surface area contributed by atoms with Crippen LogP contribution in [0.5, 0.6) is 5.75 Å². The highest BCUT2D eigenvalue weighted by Crippen LogP contribution is 2.32. The smallest absolute Gasteiger partial charge is 0.264 e. The zero-order valence-corrected chi connectivity index (χ0v) is 20.3. The van der Waals surface area contributed by atoms with Crippen molar-refractivity contribution in [2.75, 3.05) is 12.9 Å². The minimum Gasteiger partial charge on any atom is -0.487 e. The molecule has 0 bridgehead atoms. The van der Waals surface area contributed by atoms with Crippen molar-refractivity contribution in [3.8, 4) is 28.1 Å². The molecule has 0 unspecified atom stereocenters. The number of hydrogen-bond acceptors (Lipinski definition) is 8. The molecule has 0 saturated carbocycles. The van der Waals surface area contributed by atoms with Crippen molar-refractivity contribution in [2.24, 2.45) is 0 Å². The highest BCUT2D eigenvalue weighted by atomic mass is 32.2. The number of nitrogens with zero attached hydrogens (tertiary/aromatic N) is 5. The number of ether oxygens (including phenoxy) is 1. The van der Waals surface area contributed by atoms with Gasteiger partial charge in [-0.1, -0.05) is 0 Å². The quantitative estimate of drug-likeness (QED) is 0.278. The summed E-state index contributed by atoms with van der Waals surface area (Å²) in [5.74, 6) is 0.707. The molecule has 10 heteroatoms.